The molecule has 1 aliphatic heterocycles. The molecule has 2 rings (SSSR count). The molecule has 2 aliphatic rings. The molecular weight excluding hydrogens is 210 g/mol. The van der Waals surface area contributed by atoms with Crippen LogP contribution in [0.25, 0.3) is 0 Å². The molecule has 2 fully saturated rings. The van der Waals surface area contributed by atoms with Gasteiger partial charge in [0.2, 0.25) is 0 Å². The fourth-order valence-corrected chi connectivity index (χ4v) is 3.60. The van der Waals surface area contributed by atoms with Crippen LogP contribution in [-0.2, 0) is 4.74 Å². The van der Waals surface area contributed by atoms with Crippen LogP contribution in [0.5, 0.6) is 0 Å². The van der Waals surface area contributed by atoms with Gasteiger partial charge in [-0.05, 0) is 50.5 Å². The summed E-state index contributed by atoms with van der Waals surface area (Å²) in [7, 11) is 0. The van der Waals surface area contributed by atoms with Crippen molar-refractivity contribution in [2.75, 3.05) is 6.54 Å². The van der Waals surface area contributed by atoms with E-state index in [2.05, 4.69) is 13.8 Å². The van der Waals surface area contributed by atoms with Crippen molar-refractivity contribution in [2.24, 2.45) is 17.6 Å². The van der Waals surface area contributed by atoms with Crippen molar-refractivity contribution in [3.05, 3.63) is 0 Å². The molecule has 0 aromatic carbocycles. The van der Waals surface area contributed by atoms with E-state index in [1.165, 1.54) is 51.4 Å². The van der Waals surface area contributed by atoms with E-state index in [0.29, 0.717) is 17.9 Å². The van der Waals surface area contributed by atoms with Gasteiger partial charge in [-0.15, -0.1) is 0 Å². The Bertz CT molecular complexity index is 233. The Morgan fingerprint density at radius 2 is 1.88 bits per heavy atom. The molecule has 1 heterocycles. The van der Waals surface area contributed by atoms with Gasteiger partial charge in [0.25, 0.3) is 0 Å². The van der Waals surface area contributed by atoms with E-state index in [-0.39, 0.29) is 5.60 Å². The van der Waals surface area contributed by atoms with Crippen LogP contribution in [0.4, 0.5) is 0 Å². The van der Waals surface area contributed by atoms with Gasteiger partial charge in [0, 0.05) is 0 Å². The summed E-state index contributed by atoms with van der Waals surface area (Å²) >= 11 is 0. The molecule has 0 amide bonds. The smallest absolute Gasteiger partial charge is 0.0687 e. The van der Waals surface area contributed by atoms with E-state index < -0.39 is 0 Å². The predicted octanol–water partition coefficient (Wildman–Crippen LogP) is 3.49. The summed E-state index contributed by atoms with van der Waals surface area (Å²) in [5.41, 5.74) is 6.14. The third-order valence-corrected chi connectivity index (χ3v) is 4.91. The number of rotatable bonds is 4. The Hall–Kier alpha value is -0.0800. The number of nitrogens with two attached hydrogens (primary N) is 1. The molecule has 1 spiro atoms. The fourth-order valence-electron chi connectivity index (χ4n) is 3.60. The lowest BCUT2D eigenvalue weighted by atomic mass is 9.82. The zero-order valence-electron chi connectivity index (χ0n) is 11.6. The van der Waals surface area contributed by atoms with Crippen LogP contribution in [0.15, 0.2) is 0 Å². The van der Waals surface area contributed by atoms with Crippen LogP contribution in [0.1, 0.15) is 65.2 Å². The highest BCUT2D eigenvalue weighted by atomic mass is 16.5. The normalized spacial score (nSPS) is 30.0. The zero-order chi connectivity index (χ0) is 12.3. The van der Waals surface area contributed by atoms with Gasteiger partial charge in [0.1, 0.15) is 0 Å². The molecule has 100 valence electrons. The van der Waals surface area contributed by atoms with Gasteiger partial charge >= 0.3 is 0 Å². The maximum atomic E-state index is 6.42. The number of hydrogen-bond acceptors (Lipinski definition) is 2. The number of ether oxygens (including phenoxy) is 1. The minimum atomic E-state index is 0.277. The van der Waals surface area contributed by atoms with E-state index in [0.717, 1.165) is 6.54 Å². The maximum absolute atomic E-state index is 6.42. The summed E-state index contributed by atoms with van der Waals surface area (Å²) in [6, 6.07) is 0. The molecule has 1 aliphatic carbocycles. The second kappa shape index (κ2) is 5.71. The van der Waals surface area contributed by atoms with Crippen LogP contribution in [0, 0.1) is 11.8 Å². The first-order valence-electron chi connectivity index (χ1n) is 7.53. The Labute approximate surface area is 106 Å². The average molecular weight is 239 g/mol. The van der Waals surface area contributed by atoms with Gasteiger partial charge in [0.15, 0.2) is 0 Å². The highest BCUT2D eigenvalue weighted by molar-refractivity contribution is 4.92. The topological polar surface area (TPSA) is 35.2 Å². The standard InChI is InChI=1S/C15H29NO/c1-12(2)13(11-16)10-14-6-9-15(17-14)7-4-3-5-8-15/h12-14H,3-11,16H2,1-2H3. The summed E-state index contributed by atoms with van der Waals surface area (Å²) < 4.78 is 6.42. The third-order valence-electron chi connectivity index (χ3n) is 4.91. The van der Waals surface area contributed by atoms with E-state index in [1.807, 2.05) is 0 Å². The average Bonchev–Trinajstić information content (AvgIpc) is 2.70. The second-order valence-electron chi connectivity index (χ2n) is 6.50. The van der Waals surface area contributed by atoms with Crippen LogP contribution in [-0.4, -0.2) is 18.2 Å². The molecule has 2 unspecified atom stereocenters. The summed E-state index contributed by atoms with van der Waals surface area (Å²) in [5, 5.41) is 0. The summed E-state index contributed by atoms with van der Waals surface area (Å²) in [6.07, 6.45) is 11.0. The van der Waals surface area contributed by atoms with Gasteiger partial charge < -0.3 is 10.5 Å². The first-order chi connectivity index (χ1) is 8.15. The van der Waals surface area contributed by atoms with Gasteiger partial charge in [-0.2, -0.15) is 0 Å². The quantitative estimate of drug-likeness (QED) is 0.815. The molecule has 2 nitrogen and oxygen atoms in total. The minimum Gasteiger partial charge on any atom is -0.372 e. The highest BCUT2D eigenvalue weighted by Gasteiger charge is 2.41. The van der Waals surface area contributed by atoms with Crippen molar-refractivity contribution in [2.45, 2.75) is 76.9 Å². The monoisotopic (exact) mass is 239 g/mol. The fraction of sp³-hybridized carbons (Fsp3) is 1.00. The summed E-state index contributed by atoms with van der Waals surface area (Å²) in [6.45, 7) is 5.37. The van der Waals surface area contributed by atoms with E-state index in [4.69, 9.17) is 10.5 Å². The van der Waals surface area contributed by atoms with Crippen LogP contribution >= 0.6 is 0 Å². The van der Waals surface area contributed by atoms with Crippen molar-refractivity contribution in [3.8, 4) is 0 Å². The predicted molar refractivity (Wildman–Crippen MR) is 71.9 cm³/mol. The van der Waals surface area contributed by atoms with Crippen molar-refractivity contribution in [1.29, 1.82) is 0 Å². The lowest BCUT2D eigenvalue weighted by Gasteiger charge is -2.34. The zero-order valence-corrected chi connectivity index (χ0v) is 11.6. The van der Waals surface area contributed by atoms with Gasteiger partial charge in [0.05, 0.1) is 11.7 Å². The molecule has 2 N–H and O–H groups in total. The summed E-state index contributed by atoms with van der Waals surface area (Å²) in [4.78, 5) is 0. The van der Waals surface area contributed by atoms with Crippen molar-refractivity contribution in [3.63, 3.8) is 0 Å². The van der Waals surface area contributed by atoms with E-state index >= 15 is 0 Å². The van der Waals surface area contributed by atoms with Crippen LogP contribution in [0.2, 0.25) is 0 Å². The first kappa shape index (κ1) is 13.4. The van der Waals surface area contributed by atoms with Crippen molar-refractivity contribution >= 4 is 0 Å². The minimum absolute atomic E-state index is 0.277. The van der Waals surface area contributed by atoms with E-state index in [9.17, 15) is 0 Å². The van der Waals surface area contributed by atoms with Gasteiger partial charge in [-0.1, -0.05) is 33.1 Å². The maximum Gasteiger partial charge on any atom is 0.0687 e. The molecule has 0 aromatic heterocycles. The van der Waals surface area contributed by atoms with E-state index in [1.54, 1.807) is 0 Å². The van der Waals surface area contributed by atoms with Crippen LogP contribution < -0.4 is 5.73 Å². The molecule has 2 heteroatoms. The Morgan fingerprint density at radius 1 is 1.18 bits per heavy atom. The highest BCUT2D eigenvalue weighted by Crippen LogP contribution is 2.43. The lowest BCUT2D eigenvalue weighted by molar-refractivity contribution is -0.0710. The number of hydrogen-bond donors (Lipinski definition) is 1. The first-order valence-corrected chi connectivity index (χ1v) is 7.53. The third kappa shape index (κ3) is 3.23. The van der Waals surface area contributed by atoms with Gasteiger partial charge in [-0.25, -0.2) is 0 Å². The molecule has 17 heavy (non-hydrogen) atoms. The lowest BCUT2D eigenvalue weighted by Crippen LogP contribution is -2.33. The molecule has 1 saturated heterocycles. The van der Waals surface area contributed by atoms with Gasteiger partial charge in [-0.3, -0.25) is 0 Å². The Kier molecular flexibility index (Phi) is 4.48. The second-order valence-corrected chi connectivity index (χ2v) is 6.50. The molecule has 2 atom stereocenters. The SMILES string of the molecule is CC(C)C(CN)CC1CCC2(CCCCC2)O1. The van der Waals surface area contributed by atoms with Crippen LogP contribution in [0.3, 0.4) is 0 Å². The van der Waals surface area contributed by atoms with Crippen molar-refractivity contribution in [1.82, 2.24) is 0 Å². The Balaban J connectivity index is 1.84. The Morgan fingerprint density at radius 3 is 2.47 bits per heavy atom. The molecule has 0 radical (unpaired) electrons. The largest absolute Gasteiger partial charge is 0.372 e. The molecule has 1 saturated carbocycles. The molecule has 0 bridgehead atoms. The van der Waals surface area contributed by atoms with Crippen molar-refractivity contribution < 1.29 is 4.74 Å². The summed E-state index contributed by atoms with van der Waals surface area (Å²) in [5.74, 6) is 1.32. The molecular formula is C15H29NO. The molecule has 0 aromatic rings.